The summed E-state index contributed by atoms with van der Waals surface area (Å²) in [7, 11) is 1.71. The normalized spacial score (nSPS) is 14.2. The molecule has 0 bridgehead atoms. The Balaban J connectivity index is -0.000000227. The number of methoxy groups -OCH3 is 1. The summed E-state index contributed by atoms with van der Waals surface area (Å²) in [6, 6.07) is 1.25. The maximum Gasteiger partial charge on any atom is 0.0594 e. The van der Waals surface area contributed by atoms with Crippen molar-refractivity contribution in [2.45, 2.75) is 112 Å². The van der Waals surface area contributed by atoms with Crippen LogP contribution in [0, 0.1) is 0 Å². The molecule has 1 fully saturated rings. The lowest BCUT2D eigenvalue weighted by atomic mass is 10.0. The Morgan fingerprint density at radius 1 is 0.864 bits per heavy atom. The SMILES string of the molecule is C1CCCCC1.CC(C)NC(C)C.CCO.COC(C)(C)C. The van der Waals surface area contributed by atoms with Crippen molar-refractivity contribution in [3.63, 3.8) is 0 Å². The topological polar surface area (TPSA) is 41.5 Å². The predicted molar refractivity (Wildman–Crippen MR) is 101 cm³/mol. The van der Waals surface area contributed by atoms with Crippen LogP contribution in [0.15, 0.2) is 0 Å². The summed E-state index contributed by atoms with van der Waals surface area (Å²) in [5.41, 5.74) is 0.0417. The van der Waals surface area contributed by atoms with Gasteiger partial charge in [-0.3, -0.25) is 0 Å². The van der Waals surface area contributed by atoms with Gasteiger partial charge in [-0.1, -0.05) is 66.2 Å². The number of ether oxygens (including phenoxy) is 1. The third-order valence-electron chi connectivity index (χ3n) is 2.78. The van der Waals surface area contributed by atoms with Crippen LogP contribution in [-0.2, 0) is 4.74 Å². The lowest BCUT2D eigenvalue weighted by molar-refractivity contribution is 0.0397. The van der Waals surface area contributed by atoms with Crippen molar-refractivity contribution in [2.75, 3.05) is 13.7 Å². The first-order valence-corrected chi connectivity index (χ1v) is 9.02. The molecule has 0 heterocycles. The molecule has 2 N–H and O–H groups in total. The van der Waals surface area contributed by atoms with Gasteiger partial charge in [-0.25, -0.2) is 0 Å². The maximum absolute atomic E-state index is 7.57. The Morgan fingerprint density at radius 2 is 1.05 bits per heavy atom. The molecule has 0 saturated heterocycles. The number of aliphatic hydroxyl groups excluding tert-OH is 1. The second-order valence-electron chi connectivity index (χ2n) is 7.23. The largest absolute Gasteiger partial charge is 0.397 e. The van der Waals surface area contributed by atoms with E-state index < -0.39 is 0 Å². The Bertz CT molecular complexity index is 165. The molecule has 22 heavy (non-hydrogen) atoms. The van der Waals surface area contributed by atoms with Crippen LogP contribution in [0.2, 0.25) is 0 Å². The third-order valence-corrected chi connectivity index (χ3v) is 2.78. The molecular weight excluding hydrogens is 274 g/mol. The van der Waals surface area contributed by atoms with Crippen LogP contribution in [0.3, 0.4) is 0 Å². The molecule has 1 saturated carbocycles. The van der Waals surface area contributed by atoms with Gasteiger partial charge in [-0.2, -0.15) is 0 Å². The van der Waals surface area contributed by atoms with E-state index in [1.807, 2.05) is 20.8 Å². The molecule has 1 aliphatic carbocycles. The first kappa shape index (κ1) is 26.8. The van der Waals surface area contributed by atoms with E-state index in [1.165, 1.54) is 38.5 Å². The summed E-state index contributed by atoms with van der Waals surface area (Å²) in [6.45, 7) is 16.6. The molecule has 138 valence electrons. The third kappa shape index (κ3) is 42.7. The Labute approximate surface area is 141 Å². The van der Waals surface area contributed by atoms with Crippen molar-refractivity contribution in [2.24, 2.45) is 0 Å². The minimum absolute atomic E-state index is 0.0417. The second-order valence-corrected chi connectivity index (χ2v) is 7.23. The fourth-order valence-electron chi connectivity index (χ4n) is 1.73. The fraction of sp³-hybridized carbons (Fsp3) is 1.00. The van der Waals surface area contributed by atoms with Crippen molar-refractivity contribution in [3.8, 4) is 0 Å². The van der Waals surface area contributed by atoms with Crippen LogP contribution in [-0.4, -0.2) is 36.5 Å². The average molecular weight is 320 g/mol. The average Bonchev–Trinajstić information content (AvgIpc) is 2.40. The molecular formula is C19H45NO2. The molecule has 3 nitrogen and oxygen atoms in total. The van der Waals surface area contributed by atoms with E-state index in [2.05, 4.69) is 33.0 Å². The van der Waals surface area contributed by atoms with Crippen molar-refractivity contribution in [1.82, 2.24) is 5.32 Å². The summed E-state index contributed by atoms with van der Waals surface area (Å²) in [5, 5.41) is 10.9. The molecule has 0 aliphatic heterocycles. The quantitative estimate of drug-likeness (QED) is 0.738. The van der Waals surface area contributed by atoms with Gasteiger partial charge in [-0.05, 0) is 27.7 Å². The van der Waals surface area contributed by atoms with Crippen molar-refractivity contribution >= 4 is 0 Å². The lowest BCUT2D eigenvalue weighted by Crippen LogP contribution is -2.29. The fourth-order valence-corrected chi connectivity index (χ4v) is 1.73. The van der Waals surface area contributed by atoms with E-state index in [1.54, 1.807) is 14.0 Å². The second kappa shape index (κ2) is 18.9. The molecule has 1 aliphatic rings. The van der Waals surface area contributed by atoms with Crippen LogP contribution in [0.5, 0.6) is 0 Å². The standard InChI is InChI=1S/C6H15N.C6H12.C5H12O.C2H6O/c1-5(2)7-6(3)4;1-2-4-6-5-3-1;1-5(2,3)6-4;1-2-3/h5-7H,1-4H3;1-6H2;1-4H3;3H,2H2,1H3. The van der Waals surface area contributed by atoms with Gasteiger partial charge in [0.1, 0.15) is 0 Å². The molecule has 0 radical (unpaired) electrons. The molecule has 0 spiro atoms. The highest BCUT2D eigenvalue weighted by atomic mass is 16.5. The Kier molecular flexibility index (Phi) is 23.0. The summed E-state index contributed by atoms with van der Waals surface area (Å²) >= 11 is 0. The summed E-state index contributed by atoms with van der Waals surface area (Å²) < 4.78 is 4.94. The molecule has 0 unspecified atom stereocenters. The van der Waals surface area contributed by atoms with E-state index in [0.717, 1.165) is 0 Å². The number of rotatable bonds is 2. The molecule has 0 amide bonds. The summed E-state index contributed by atoms with van der Waals surface area (Å²) in [4.78, 5) is 0. The van der Waals surface area contributed by atoms with Crippen LogP contribution < -0.4 is 5.32 Å². The van der Waals surface area contributed by atoms with Gasteiger partial charge in [0.2, 0.25) is 0 Å². The van der Waals surface area contributed by atoms with Gasteiger partial charge in [-0.15, -0.1) is 0 Å². The zero-order valence-electron chi connectivity index (χ0n) is 17.0. The number of nitrogens with one attached hydrogen (secondary N) is 1. The van der Waals surface area contributed by atoms with Gasteiger partial charge >= 0.3 is 0 Å². The number of aliphatic hydroxyl groups is 1. The lowest BCUT2D eigenvalue weighted by Gasteiger charge is -2.14. The minimum Gasteiger partial charge on any atom is -0.397 e. The predicted octanol–water partition coefficient (Wildman–Crippen LogP) is 5.16. The van der Waals surface area contributed by atoms with E-state index in [0.29, 0.717) is 12.1 Å². The van der Waals surface area contributed by atoms with Gasteiger partial charge in [0.05, 0.1) is 5.60 Å². The highest BCUT2D eigenvalue weighted by Crippen LogP contribution is 2.15. The molecule has 3 heteroatoms. The van der Waals surface area contributed by atoms with E-state index in [-0.39, 0.29) is 12.2 Å². The molecule has 0 atom stereocenters. The molecule has 0 aromatic carbocycles. The zero-order chi connectivity index (χ0) is 18.0. The van der Waals surface area contributed by atoms with Crippen LogP contribution in [0.25, 0.3) is 0 Å². The molecule has 0 aromatic heterocycles. The van der Waals surface area contributed by atoms with Gasteiger partial charge in [0.15, 0.2) is 0 Å². The van der Waals surface area contributed by atoms with Gasteiger partial charge in [0, 0.05) is 25.8 Å². The zero-order valence-corrected chi connectivity index (χ0v) is 17.0. The Morgan fingerprint density at radius 3 is 1.09 bits per heavy atom. The van der Waals surface area contributed by atoms with Gasteiger partial charge < -0.3 is 15.2 Å². The van der Waals surface area contributed by atoms with E-state index in [9.17, 15) is 0 Å². The first-order valence-electron chi connectivity index (χ1n) is 9.02. The molecule has 0 aromatic rings. The monoisotopic (exact) mass is 319 g/mol. The minimum atomic E-state index is 0.0417. The molecule has 1 rings (SSSR count). The Hall–Kier alpha value is -0.120. The number of hydrogen-bond acceptors (Lipinski definition) is 3. The van der Waals surface area contributed by atoms with E-state index in [4.69, 9.17) is 9.84 Å². The smallest absolute Gasteiger partial charge is 0.0594 e. The summed E-state index contributed by atoms with van der Waals surface area (Å²) in [5.74, 6) is 0. The van der Waals surface area contributed by atoms with Crippen molar-refractivity contribution < 1.29 is 9.84 Å². The van der Waals surface area contributed by atoms with Crippen molar-refractivity contribution in [3.05, 3.63) is 0 Å². The van der Waals surface area contributed by atoms with Crippen LogP contribution in [0.1, 0.15) is 93.9 Å². The van der Waals surface area contributed by atoms with Crippen LogP contribution in [0.4, 0.5) is 0 Å². The number of hydrogen-bond donors (Lipinski definition) is 2. The summed E-state index contributed by atoms with van der Waals surface area (Å²) in [6.07, 6.45) is 9.00. The van der Waals surface area contributed by atoms with Crippen molar-refractivity contribution in [1.29, 1.82) is 0 Å². The van der Waals surface area contributed by atoms with E-state index >= 15 is 0 Å². The highest BCUT2D eigenvalue weighted by Gasteiger charge is 2.04. The maximum atomic E-state index is 7.57. The van der Waals surface area contributed by atoms with Crippen LogP contribution >= 0.6 is 0 Å². The van der Waals surface area contributed by atoms with Gasteiger partial charge in [0.25, 0.3) is 0 Å². The first-order chi connectivity index (χ1) is 10.1. The highest BCUT2D eigenvalue weighted by molar-refractivity contribution is 4.56.